The average molecular weight is 334 g/mol. The Morgan fingerprint density at radius 1 is 1.35 bits per heavy atom. The fourth-order valence-electron chi connectivity index (χ4n) is 1.80. The maximum atomic E-state index is 11.8. The molecule has 2 rings (SSSR count). The van der Waals surface area contributed by atoms with Gasteiger partial charge < -0.3 is 10.6 Å². The van der Waals surface area contributed by atoms with Crippen molar-refractivity contribution in [2.24, 2.45) is 0 Å². The van der Waals surface area contributed by atoms with E-state index >= 15 is 0 Å². The highest BCUT2D eigenvalue weighted by atomic mass is 79.9. The van der Waals surface area contributed by atoms with Gasteiger partial charge in [0.15, 0.2) is 0 Å². The summed E-state index contributed by atoms with van der Waals surface area (Å²) in [6.07, 6.45) is 4.30. The minimum atomic E-state index is -0.195. The molecule has 20 heavy (non-hydrogen) atoms. The van der Waals surface area contributed by atoms with Gasteiger partial charge in [0.05, 0.1) is 0 Å². The number of pyridine rings is 1. The molecule has 5 heteroatoms. The number of carbonyl (C=O) groups is 1. The molecule has 0 radical (unpaired) electrons. The summed E-state index contributed by atoms with van der Waals surface area (Å²) in [4.78, 5) is 15.8. The van der Waals surface area contributed by atoms with E-state index in [1.165, 1.54) is 0 Å². The molecule has 0 saturated carbocycles. The van der Waals surface area contributed by atoms with Crippen LogP contribution in [0.1, 0.15) is 11.1 Å². The second-order valence-electron chi connectivity index (χ2n) is 4.45. The zero-order chi connectivity index (χ0) is 14.4. The third kappa shape index (κ3) is 4.35. The van der Waals surface area contributed by atoms with Gasteiger partial charge in [-0.1, -0.05) is 22.0 Å². The van der Waals surface area contributed by atoms with Crippen molar-refractivity contribution in [2.75, 3.05) is 11.9 Å². The maximum absolute atomic E-state index is 11.8. The van der Waals surface area contributed by atoms with Crippen molar-refractivity contribution in [1.82, 2.24) is 10.3 Å². The average Bonchev–Trinajstić information content (AvgIpc) is 2.43. The molecule has 0 fully saturated rings. The van der Waals surface area contributed by atoms with Gasteiger partial charge in [-0.3, -0.25) is 4.98 Å². The molecule has 2 aromatic rings. The molecule has 0 bridgehead atoms. The van der Waals surface area contributed by atoms with Crippen LogP contribution in [-0.4, -0.2) is 17.6 Å². The molecule has 0 aliphatic carbocycles. The van der Waals surface area contributed by atoms with Gasteiger partial charge in [-0.15, -0.1) is 0 Å². The summed E-state index contributed by atoms with van der Waals surface area (Å²) >= 11 is 3.40. The third-order valence-electron chi connectivity index (χ3n) is 2.86. The fourth-order valence-corrected chi connectivity index (χ4v) is 2.28. The van der Waals surface area contributed by atoms with Crippen molar-refractivity contribution in [2.45, 2.75) is 13.3 Å². The predicted octanol–water partition coefficient (Wildman–Crippen LogP) is 3.52. The quantitative estimate of drug-likeness (QED) is 0.899. The Labute approximate surface area is 126 Å². The lowest BCUT2D eigenvalue weighted by Gasteiger charge is -2.10. The Kier molecular flexibility index (Phi) is 5.12. The van der Waals surface area contributed by atoms with E-state index in [9.17, 15) is 4.79 Å². The van der Waals surface area contributed by atoms with Crippen LogP contribution in [0.5, 0.6) is 0 Å². The number of carbonyl (C=O) groups excluding carboxylic acids is 1. The topological polar surface area (TPSA) is 54.0 Å². The van der Waals surface area contributed by atoms with Crippen molar-refractivity contribution in [3.8, 4) is 0 Å². The Morgan fingerprint density at radius 3 is 2.90 bits per heavy atom. The molecular formula is C15H16BrN3O. The minimum Gasteiger partial charge on any atom is -0.338 e. The van der Waals surface area contributed by atoms with Crippen LogP contribution < -0.4 is 10.6 Å². The van der Waals surface area contributed by atoms with Gasteiger partial charge in [0, 0.05) is 29.1 Å². The van der Waals surface area contributed by atoms with Crippen LogP contribution in [0.25, 0.3) is 0 Å². The van der Waals surface area contributed by atoms with Crippen molar-refractivity contribution in [1.29, 1.82) is 0 Å². The molecular weight excluding hydrogens is 318 g/mol. The number of rotatable bonds is 4. The second-order valence-corrected chi connectivity index (χ2v) is 5.37. The summed E-state index contributed by atoms with van der Waals surface area (Å²) in [7, 11) is 0. The number of benzene rings is 1. The van der Waals surface area contributed by atoms with E-state index in [1.807, 2.05) is 37.3 Å². The first-order chi connectivity index (χ1) is 9.65. The normalized spacial score (nSPS) is 10.1. The van der Waals surface area contributed by atoms with Crippen LogP contribution in [0.4, 0.5) is 10.5 Å². The Morgan fingerprint density at radius 2 is 2.20 bits per heavy atom. The van der Waals surface area contributed by atoms with Gasteiger partial charge in [0.25, 0.3) is 0 Å². The molecule has 0 unspecified atom stereocenters. The highest BCUT2D eigenvalue weighted by Gasteiger charge is 2.04. The number of nitrogens with one attached hydrogen (secondary N) is 2. The minimum absolute atomic E-state index is 0.195. The Hall–Kier alpha value is -1.88. The lowest BCUT2D eigenvalue weighted by Crippen LogP contribution is -2.30. The monoisotopic (exact) mass is 333 g/mol. The van der Waals surface area contributed by atoms with Crippen LogP contribution in [-0.2, 0) is 6.42 Å². The molecule has 0 aliphatic rings. The zero-order valence-electron chi connectivity index (χ0n) is 11.2. The summed E-state index contributed by atoms with van der Waals surface area (Å²) in [5.74, 6) is 0. The van der Waals surface area contributed by atoms with Crippen LogP contribution in [0.15, 0.2) is 47.2 Å². The largest absolute Gasteiger partial charge is 0.338 e. The maximum Gasteiger partial charge on any atom is 0.319 e. The number of aromatic nitrogens is 1. The molecule has 0 atom stereocenters. The molecule has 1 aromatic carbocycles. The number of amides is 2. The fraction of sp³-hybridized carbons (Fsp3) is 0.200. The van der Waals surface area contributed by atoms with E-state index in [0.29, 0.717) is 6.54 Å². The van der Waals surface area contributed by atoms with Crippen LogP contribution >= 0.6 is 15.9 Å². The van der Waals surface area contributed by atoms with E-state index in [2.05, 4.69) is 31.5 Å². The number of urea groups is 1. The summed E-state index contributed by atoms with van der Waals surface area (Å²) < 4.78 is 0.998. The number of nitrogens with zero attached hydrogens (tertiary/aromatic N) is 1. The van der Waals surface area contributed by atoms with Crippen LogP contribution in [0, 0.1) is 6.92 Å². The molecule has 0 aliphatic heterocycles. The van der Waals surface area contributed by atoms with Gasteiger partial charge >= 0.3 is 6.03 Å². The molecule has 1 heterocycles. The van der Waals surface area contributed by atoms with Crippen molar-refractivity contribution in [3.05, 3.63) is 58.3 Å². The number of halogens is 1. The highest BCUT2D eigenvalue weighted by Crippen LogP contribution is 2.19. The van der Waals surface area contributed by atoms with E-state index in [1.54, 1.807) is 12.4 Å². The first-order valence-electron chi connectivity index (χ1n) is 6.35. The first-order valence-corrected chi connectivity index (χ1v) is 7.14. The SMILES string of the molecule is Cc1cc(Br)ccc1NC(=O)NCCc1cccnc1. The Balaban J connectivity index is 1.81. The Bertz CT molecular complexity index is 587. The summed E-state index contributed by atoms with van der Waals surface area (Å²) in [6.45, 7) is 2.53. The smallest absolute Gasteiger partial charge is 0.319 e. The molecule has 2 N–H and O–H groups in total. The van der Waals surface area contributed by atoms with E-state index in [4.69, 9.17) is 0 Å². The lowest BCUT2D eigenvalue weighted by molar-refractivity contribution is 0.252. The number of aryl methyl sites for hydroxylation is 1. The summed E-state index contributed by atoms with van der Waals surface area (Å²) in [5, 5.41) is 5.67. The summed E-state index contributed by atoms with van der Waals surface area (Å²) in [5.41, 5.74) is 2.93. The molecule has 2 amide bonds. The van der Waals surface area contributed by atoms with Gasteiger partial charge in [0.2, 0.25) is 0 Å². The van der Waals surface area contributed by atoms with Gasteiger partial charge in [0.1, 0.15) is 0 Å². The predicted molar refractivity (Wildman–Crippen MR) is 83.8 cm³/mol. The van der Waals surface area contributed by atoms with E-state index in [0.717, 1.165) is 27.7 Å². The van der Waals surface area contributed by atoms with Gasteiger partial charge in [-0.25, -0.2) is 4.79 Å². The molecule has 4 nitrogen and oxygen atoms in total. The van der Waals surface area contributed by atoms with Crippen molar-refractivity contribution >= 4 is 27.6 Å². The standard InChI is InChI=1S/C15H16BrN3O/c1-11-9-13(16)4-5-14(11)19-15(20)18-8-6-12-3-2-7-17-10-12/h2-5,7,9-10H,6,8H2,1H3,(H2,18,19,20). The highest BCUT2D eigenvalue weighted by molar-refractivity contribution is 9.10. The number of anilines is 1. The van der Waals surface area contributed by atoms with E-state index in [-0.39, 0.29) is 6.03 Å². The second kappa shape index (κ2) is 7.05. The van der Waals surface area contributed by atoms with Gasteiger partial charge in [-0.2, -0.15) is 0 Å². The summed E-state index contributed by atoms with van der Waals surface area (Å²) in [6, 6.07) is 9.43. The molecule has 104 valence electrons. The van der Waals surface area contributed by atoms with Gasteiger partial charge in [-0.05, 0) is 48.7 Å². The van der Waals surface area contributed by atoms with Crippen molar-refractivity contribution < 1.29 is 4.79 Å². The zero-order valence-corrected chi connectivity index (χ0v) is 12.8. The van der Waals surface area contributed by atoms with Crippen LogP contribution in [0.3, 0.4) is 0 Å². The molecule has 1 aromatic heterocycles. The molecule has 0 saturated heterocycles. The van der Waals surface area contributed by atoms with Crippen molar-refractivity contribution in [3.63, 3.8) is 0 Å². The van der Waals surface area contributed by atoms with E-state index < -0.39 is 0 Å². The number of hydrogen-bond donors (Lipinski definition) is 2. The lowest BCUT2D eigenvalue weighted by atomic mass is 10.2. The first kappa shape index (κ1) is 14.5. The molecule has 0 spiro atoms. The number of hydrogen-bond acceptors (Lipinski definition) is 2. The third-order valence-corrected chi connectivity index (χ3v) is 3.35. The van der Waals surface area contributed by atoms with Crippen LogP contribution in [0.2, 0.25) is 0 Å².